The Kier molecular flexibility index (Phi) is 3.00. The van der Waals surface area contributed by atoms with Gasteiger partial charge >= 0.3 is 0 Å². The van der Waals surface area contributed by atoms with Gasteiger partial charge in [0.1, 0.15) is 0 Å². The Morgan fingerprint density at radius 1 is 1.50 bits per heavy atom. The van der Waals surface area contributed by atoms with Crippen molar-refractivity contribution in [3.63, 3.8) is 0 Å². The molecule has 0 fully saturated rings. The number of aliphatic imine (C=N–C) groups is 1. The molecular weight excluding hydrogens is 178 g/mol. The fraction of sp³-hybridized carbons (Fsp3) is 0.556. The molecule has 1 aromatic rings. The van der Waals surface area contributed by atoms with Gasteiger partial charge in [-0.3, -0.25) is 10.1 Å². The van der Waals surface area contributed by atoms with Gasteiger partial charge in [0.05, 0.1) is 6.20 Å². The van der Waals surface area contributed by atoms with Crippen LogP contribution in [0.3, 0.4) is 0 Å². The van der Waals surface area contributed by atoms with E-state index in [2.05, 4.69) is 25.8 Å². The molecule has 0 amide bonds. The van der Waals surface area contributed by atoms with E-state index < -0.39 is 0 Å². The molecule has 1 aromatic heterocycles. The van der Waals surface area contributed by atoms with E-state index in [9.17, 15) is 0 Å². The second-order valence-electron chi connectivity index (χ2n) is 3.29. The van der Waals surface area contributed by atoms with Crippen molar-refractivity contribution in [3.8, 4) is 0 Å². The number of hydrogen-bond donors (Lipinski definition) is 3. The summed E-state index contributed by atoms with van der Waals surface area (Å²) in [6.07, 6.45) is 5.86. The maximum atomic E-state index is 4.32. The molecule has 5 nitrogen and oxygen atoms in total. The number of hydrogen-bond acceptors (Lipinski definition) is 4. The van der Waals surface area contributed by atoms with E-state index in [0.29, 0.717) is 0 Å². The van der Waals surface area contributed by atoms with Gasteiger partial charge in [0, 0.05) is 25.8 Å². The predicted molar refractivity (Wildman–Crippen MR) is 55.2 cm³/mol. The van der Waals surface area contributed by atoms with Gasteiger partial charge in [-0.2, -0.15) is 5.10 Å². The summed E-state index contributed by atoms with van der Waals surface area (Å²) < 4.78 is 0. The van der Waals surface area contributed by atoms with Crippen molar-refractivity contribution < 1.29 is 0 Å². The monoisotopic (exact) mass is 193 g/mol. The number of H-pyrrole nitrogens is 1. The first-order valence-corrected chi connectivity index (χ1v) is 4.95. The minimum absolute atomic E-state index is 0.894. The van der Waals surface area contributed by atoms with Crippen LogP contribution in [0.1, 0.15) is 12.0 Å². The predicted octanol–water partition coefficient (Wildman–Crippen LogP) is -0.109. The summed E-state index contributed by atoms with van der Waals surface area (Å²) in [7, 11) is 0. The Balaban J connectivity index is 1.70. The van der Waals surface area contributed by atoms with Gasteiger partial charge in [0.2, 0.25) is 0 Å². The van der Waals surface area contributed by atoms with Gasteiger partial charge in [-0.25, -0.2) is 0 Å². The zero-order chi connectivity index (χ0) is 9.64. The van der Waals surface area contributed by atoms with Crippen molar-refractivity contribution >= 4 is 5.96 Å². The van der Waals surface area contributed by atoms with Crippen LogP contribution in [0.25, 0.3) is 0 Å². The fourth-order valence-corrected chi connectivity index (χ4v) is 1.39. The summed E-state index contributed by atoms with van der Waals surface area (Å²) in [4.78, 5) is 4.32. The summed E-state index contributed by atoms with van der Waals surface area (Å²) in [6.45, 7) is 2.85. The lowest BCUT2D eigenvalue weighted by Crippen LogP contribution is -2.41. The SMILES string of the molecule is c1n[nH]cc1CCNC1=NCCCN1. The zero-order valence-corrected chi connectivity index (χ0v) is 8.08. The zero-order valence-electron chi connectivity index (χ0n) is 8.08. The van der Waals surface area contributed by atoms with Gasteiger partial charge in [0.15, 0.2) is 5.96 Å². The van der Waals surface area contributed by atoms with Crippen molar-refractivity contribution in [2.45, 2.75) is 12.8 Å². The summed E-state index contributed by atoms with van der Waals surface area (Å²) in [5, 5.41) is 13.2. The fourth-order valence-electron chi connectivity index (χ4n) is 1.39. The molecule has 0 saturated heterocycles. The average Bonchev–Trinajstić information content (AvgIpc) is 2.72. The number of nitrogens with zero attached hydrogens (tertiary/aromatic N) is 2. The Hall–Kier alpha value is -1.52. The highest BCUT2D eigenvalue weighted by atomic mass is 15.2. The first kappa shape index (κ1) is 9.05. The van der Waals surface area contributed by atoms with E-state index in [-0.39, 0.29) is 0 Å². The van der Waals surface area contributed by atoms with Gasteiger partial charge < -0.3 is 10.6 Å². The molecule has 0 radical (unpaired) electrons. The van der Waals surface area contributed by atoms with E-state index >= 15 is 0 Å². The Morgan fingerprint density at radius 3 is 3.21 bits per heavy atom. The van der Waals surface area contributed by atoms with Crippen molar-refractivity contribution in [2.24, 2.45) is 4.99 Å². The maximum absolute atomic E-state index is 4.32. The first-order valence-electron chi connectivity index (χ1n) is 4.95. The van der Waals surface area contributed by atoms with Crippen LogP contribution in [0.5, 0.6) is 0 Å². The second kappa shape index (κ2) is 4.64. The molecule has 0 spiro atoms. The van der Waals surface area contributed by atoms with Crippen molar-refractivity contribution in [3.05, 3.63) is 18.0 Å². The lowest BCUT2D eigenvalue weighted by Gasteiger charge is -2.15. The molecule has 0 bridgehead atoms. The third-order valence-electron chi connectivity index (χ3n) is 2.16. The molecule has 2 rings (SSSR count). The van der Waals surface area contributed by atoms with Crippen molar-refractivity contribution in [1.82, 2.24) is 20.8 Å². The van der Waals surface area contributed by atoms with E-state index in [1.165, 1.54) is 5.56 Å². The minimum Gasteiger partial charge on any atom is -0.356 e. The van der Waals surface area contributed by atoms with Crippen LogP contribution >= 0.6 is 0 Å². The highest BCUT2D eigenvalue weighted by molar-refractivity contribution is 5.80. The van der Waals surface area contributed by atoms with Crippen LogP contribution in [0.2, 0.25) is 0 Å². The lowest BCUT2D eigenvalue weighted by atomic mass is 10.2. The molecule has 2 heterocycles. The normalized spacial score (nSPS) is 15.9. The quantitative estimate of drug-likeness (QED) is 0.627. The molecule has 5 heteroatoms. The van der Waals surface area contributed by atoms with Crippen LogP contribution < -0.4 is 10.6 Å². The number of rotatable bonds is 3. The van der Waals surface area contributed by atoms with Gasteiger partial charge in [-0.15, -0.1) is 0 Å². The summed E-state index contributed by atoms with van der Waals surface area (Å²) in [5.74, 6) is 0.930. The van der Waals surface area contributed by atoms with Crippen LogP contribution in [0, 0.1) is 0 Å². The minimum atomic E-state index is 0.894. The third kappa shape index (κ3) is 2.48. The Morgan fingerprint density at radius 2 is 2.50 bits per heavy atom. The molecule has 0 unspecified atom stereocenters. The van der Waals surface area contributed by atoms with Crippen LogP contribution in [0.4, 0.5) is 0 Å². The Bertz CT molecular complexity index is 290. The summed E-state index contributed by atoms with van der Waals surface area (Å²) in [5.41, 5.74) is 1.22. The number of aromatic amines is 1. The van der Waals surface area contributed by atoms with E-state index in [0.717, 1.165) is 38.4 Å². The molecule has 0 atom stereocenters. The number of nitrogens with one attached hydrogen (secondary N) is 3. The van der Waals surface area contributed by atoms with Crippen LogP contribution in [-0.4, -0.2) is 35.8 Å². The smallest absolute Gasteiger partial charge is 0.191 e. The molecule has 1 aliphatic rings. The molecule has 0 aliphatic carbocycles. The standard InChI is InChI=1S/C9H15N5/c1-3-10-9(11-4-1)12-5-2-8-6-13-14-7-8/h6-7H,1-5H2,(H,13,14)(H2,10,11,12). The Labute approximate surface area is 83.0 Å². The number of guanidine groups is 1. The molecule has 1 aliphatic heterocycles. The average molecular weight is 193 g/mol. The lowest BCUT2D eigenvalue weighted by molar-refractivity contribution is 0.700. The first-order chi connectivity index (χ1) is 6.95. The highest BCUT2D eigenvalue weighted by Crippen LogP contribution is 1.93. The van der Waals surface area contributed by atoms with Gasteiger partial charge in [-0.1, -0.05) is 0 Å². The molecule has 0 aromatic carbocycles. The number of aromatic nitrogens is 2. The molecule has 14 heavy (non-hydrogen) atoms. The largest absolute Gasteiger partial charge is 0.356 e. The van der Waals surface area contributed by atoms with E-state index in [1.54, 1.807) is 0 Å². The van der Waals surface area contributed by atoms with E-state index in [4.69, 9.17) is 0 Å². The molecule has 0 saturated carbocycles. The maximum Gasteiger partial charge on any atom is 0.191 e. The van der Waals surface area contributed by atoms with Crippen LogP contribution in [-0.2, 0) is 6.42 Å². The van der Waals surface area contributed by atoms with Crippen LogP contribution in [0.15, 0.2) is 17.4 Å². The molecule has 3 N–H and O–H groups in total. The molecule has 76 valence electrons. The van der Waals surface area contributed by atoms with Gasteiger partial charge in [0.25, 0.3) is 0 Å². The highest BCUT2D eigenvalue weighted by Gasteiger charge is 2.02. The van der Waals surface area contributed by atoms with E-state index in [1.807, 2.05) is 12.4 Å². The second-order valence-corrected chi connectivity index (χ2v) is 3.29. The summed E-state index contributed by atoms with van der Waals surface area (Å²) >= 11 is 0. The third-order valence-corrected chi connectivity index (χ3v) is 2.16. The summed E-state index contributed by atoms with van der Waals surface area (Å²) in [6, 6.07) is 0. The molecular formula is C9H15N5. The van der Waals surface area contributed by atoms with Gasteiger partial charge in [-0.05, 0) is 18.4 Å². The van der Waals surface area contributed by atoms with Crippen molar-refractivity contribution in [2.75, 3.05) is 19.6 Å². The topological polar surface area (TPSA) is 65.1 Å². The van der Waals surface area contributed by atoms with Crippen molar-refractivity contribution in [1.29, 1.82) is 0 Å².